The lowest BCUT2D eigenvalue weighted by molar-refractivity contribution is 0.176. The van der Waals surface area contributed by atoms with E-state index in [0.29, 0.717) is 12.6 Å². The van der Waals surface area contributed by atoms with Crippen molar-refractivity contribution < 1.29 is 4.74 Å². The van der Waals surface area contributed by atoms with Crippen LogP contribution in [0.2, 0.25) is 0 Å². The molecule has 0 aromatic carbocycles. The van der Waals surface area contributed by atoms with Crippen LogP contribution in [0, 0.1) is 5.92 Å². The van der Waals surface area contributed by atoms with Crippen LogP contribution in [-0.4, -0.2) is 30.0 Å². The van der Waals surface area contributed by atoms with Gasteiger partial charge >= 0.3 is 0 Å². The molecule has 1 atom stereocenters. The fourth-order valence-corrected chi connectivity index (χ4v) is 3.06. The molecule has 1 aromatic heterocycles. The van der Waals surface area contributed by atoms with Gasteiger partial charge in [-0.25, -0.2) is 0 Å². The molecule has 5 heteroatoms. The van der Waals surface area contributed by atoms with Crippen molar-refractivity contribution in [2.75, 3.05) is 20.3 Å². The number of aromatic nitrogens is 2. The summed E-state index contributed by atoms with van der Waals surface area (Å²) < 4.78 is 8.33. The number of hydrogen-bond donors (Lipinski definition) is 1. The van der Waals surface area contributed by atoms with Gasteiger partial charge in [0, 0.05) is 7.11 Å². The SMILES string of the molecule is CCNC(c1c(Br)cnn1CCOC)C1CCC1. The summed E-state index contributed by atoms with van der Waals surface area (Å²) >= 11 is 3.64. The van der Waals surface area contributed by atoms with Crippen LogP contribution >= 0.6 is 15.9 Å². The van der Waals surface area contributed by atoms with Crippen LogP contribution in [0.15, 0.2) is 10.7 Å². The highest BCUT2D eigenvalue weighted by Gasteiger charge is 2.31. The zero-order valence-electron chi connectivity index (χ0n) is 11.2. The molecule has 1 heterocycles. The van der Waals surface area contributed by atoms with E-state index in [2.05, 4.69) is 38.0 Å². The number of nitrogens with one attached hydrogen (secondary N) is 1. The van der Waals surface area contributed by atoms with Gasteiger partial charge in [-0.15, -0.1) is 0 Å². The zero-order chi connectivity index (χ0) is 13.0. The van der Waals surface area contributed by atoms with E-state index >= 15 is 0 Å². The number of hydrogen-bond acceptors (Lipinski definition) is 3. The summed E-state index contributed by atoms with van der Waals surface area (Å²) in [5.41, 5.74) is 1.28. The fraction of sp³-hybridized carbons (Fsp3) is 0.769. The maximum atomic E-state index is 5.15. The van der Waals surface area contributed by atoms with Crippen molar-refractivity contribution in [3.8, 4) is 0 Å². The molecule has 0 radical (unpaired) electrons. The Bertz CT molecular complexity index is 376. The maximum Gasteiger partial charge on any atom is 0.0699 e. The van der Waals surface area contributed by atoms with Crippen LogP contribution in [0.25, 0.3) is 0 Å². The molecule has 0 aliphatic heterocycles. The first-order chi connectivity index (χ1) is 8.77. The lowest BCUT2D eigenvalue weighted by atomic mass is 9.78. The Balaban J connectivity index is 2.18. The molecule has 0 bridgehead atoms. The normalized spacial score (nSPS) is 17.7. The van der Waals surface area contributed by atoms with E-state index in [1.54, 1.807) is 7.11 Å². The van der Waals surface area contributed by atoms with Crippen LogP contribution in [-0.2, 0) is 11.3 Å². The Hall–Kier alpha value is -0.390. The van der Waals surface area contributed by atoms with Crippen LogP contribution in [0.4, 0.5) is 0 Å². The largest absolute Gasteiger partial charge is 0.383 e. The van der Waals surface area contributed by atoms with Crippen molar-refractivity contribution in [2.45, 2.75) is 38.8 Å². The van der Waals surface area contributed by atoms with E-state index in [1.165, 1.54) is 25.0 Å². The van der Waals surface area contributed by atoms with Gasteiger partial charge in [0.25, 0.3) is 0 Å². The molecule has 1 N–H and O–H groups in total. The molecule has 1 unspecified atom stereocenters. The second-order valence-electron chi connectivity index (χ2n) is 4.82. The van der Waals surface area contributed by atoms with Crippen LogP contribution in [0.3, 0.4) is 0 Å². The standard InChI is InChI=1S/C13H22BrN3O/c1-3-15-12(10-5-4-6-10)13-11(14)9-16-17(13)7-8-18-2/h9-10,12,15H,3-8H2,1-2H3. The third-order valence-electron chi connectivity index (χ3n) is 3.68. The number of nitrogens with zero attached hydrogens (tertiary/aromatic N) is 2. The second kappa shape index (κ2) is 6.68. The minimum atomic E-state index is 0.414. The highest BCUT2D eigenvalue weighted by molar-refractivity contribution is 9.10. The number of ether oxygens (including phenoxy) is 1. The van der Waals surface area contributed by atoms with Crippen LogP contribution < -0.4 is 5.32 Å². The van der Waals surface area contributed by atoms with E-state index < -0.39 is 0 Å². The third kappa shape index (κ3) is 2.95. The third-order valence-corrected chi connectivity index (χ3v) is 4.29. The molecule has 0 spiro atoms. The van der Waals surface area contributed by atoms with Gasteiger partial charge in [-0.3, -0.25) is 4.68 Å². The van der Waals surface area contributed by atoms with Gasteiger partial charge in [-0.2, -0.15) is 5.10 Å². The topological polar surface area (TPSA) is 39.1 Å². The molecule has 4 nitrogen and oxygen atoms in total. The van der Waals surface area contributed by atoms with Crippen molar-refractivity contribution in [2.24, 2.45) is 5.92 Å². The lowest BCUT2D eigenvalue weighted by Gasteiger charge is -2.34. The van der Waals surface area contributed by atoms with Gasteiger partial charge in [0.15, 0.2) is 0 Å². The summed E-state index contributed by atoms with van der Waals surface area (Å²) in [6.45, 7) is 4.66. The monoisotopic (exact) mass is 315 g/mol. The zero-order valence-corrected chi connectivity index (χ0v) is 12.7. The van der Waals surface area contributed by atoms with Gasteiger partial charge in [0.1, 0.15) is 0 Å². The second-order valence-corrected chi connectivity index (χ2v) is 5.67. The average Bonchev–Trinajstić information content (AvgIpc) is 2.65. The molecule has 102 valence electrons. The number of methoxy groups -OCH3 is 1. The molecule has 1 aliphatic carbocycles. The summed E-state index contributed by atoms with van der Waals surface area (Å²) in [4.78, 5) is 0. The minimum Gasteiger partial charge on any atom is -0.383 e. The van der Waals surface area contributed by atoms with Crippen molar-refractivity contribution in [1.29, 1.82) is 0 Å². The smallest absolute Gasteiger partial charge is 0.0699 e. The molecule has 1 aliphatic rings. The van der Waals surface area contributed by atoms with Crippen molar-refractivity contribution >= 4 is 15.9 Å². The van der Waals surface area contributed by atoms with Crippen LogP contribution in [0.5, 0.6) is 0 Å². The molecule has 2 rings (SSSR count). The summed E-state index contributed by atoms with van der Waals surface area (Å²) in [6, 6.07) is 0.414. The highest BCUT2D eigenvalue weighted by Crippen LogP contribution is 2.39. The summed E-state index contributed by atoms with van der Waals surface area (Å²) in [5.74, 6) is 0.749. The quantitative estimate of drug-likeness (QED) is 0.841. The first-order valence-electron chi connectivity index (χ1n) is 6.71. The molecule has 1 fully saturated rings. The molecule has 1 saturated carbocycles. The first kappa shape index (κ1) is 14.0. The van der Waals surface area contributed by atoms with Crippen molar-refractivity contribution in [3.63, 3.8) is 0 Å². The van der Waals surface area contributed by atoms with Gasteiger partial charge in [0.05, 0.1) is 35.6 Å². The minimum absolute atomic E-state index is 0.414. The van der Waals surface area contributed by atoms with E-state index in [4.69, 9.17) is 4.74 Å². The predicted octanol–water partition coefficient (Wildman–Crippen LogP) is 2.74. The van der Waals surface area contributed by atoms with Crippen molar-refractivity contribution in [1.82, 2.24) is 15.1 Å². The van der Waals surface area contributed by atoms with E-state index in [1.807, 2.05) is 6.20 Å². The fourth-order valence-electron chi connectivity index (χ4n) is 2.52. The van der Waals surface area contributed by atoms with Crippen molar-refractivity contribution in [3.05, 3.63) is 16.4 Å². The number of rotatable bonds is 7. The Morgan fingerprint density at radius 2 is 2.39 bits per heavy atom. The molecular formula is C13H22BrN3O. The summed E-state index contributed by atoms with van der Waals surface area (Å²) in [5, 5.41) is 8.06. The van der Waals surface area contributed by atoms with E-state index in [-0.39, 0.29) is 0 Å². The molecule has 0 amide bonds. The molecule has 0 saturated heterocycles. The molecular weight excluding hydrogens is 294 g/mol. The maximum absolute atomic E-state index is 5.15. The Morgan fingerprint density at radius 1 is 1.61 bits per heavy atom. The summed E-state index contributed by atoms with van der Waals surface area (Å²) in [6.07, 6.45) is 5.89. The van der Waals surface area contributed by atoms with Gasteiger partial charge in [0.2, 0.25) is 0 Å². The van der Waals surface area contributed by atoms with Crippen LogP contribution in [0.1, 0.15) is 37.9 Å². The Labute approximate surface area is 117 Å². The Morgan fingerprint density at radius 3 is 2.94 bits per heavy atom. The highest BCUT2D eigenvalue weighted by atomic mass is 79.9. The number of halogens is 1. The van der Waals surface area contributed by atoms with Gasteiger partial charge in [-0.1, -0.05) is 13.3 Å². The first-order valence-corrected chi connectivity index (χ1v) is 7.50. The van der Waals surface area contributed by atoms with E-state index in [0.717, 1.165) is 23.5 Å². The lowest BCUT2D eigenvalue weighted by Crippen LogP contribution is -2.34. The molecule has 18 heavy (non-hydrogen) atoms. The van der Waals surface area contributed by atoms with Gasteiger partial charge < -0.3 is 10.1 Å². The Kier molecular flexibility index (Phi) is 5.21. The predicted molar refractivity (Wildman–Crippen MR) is 75.6 cm³/mol. The van der Waals surface area contributed by atoms with Gasteiger partial charge in [-0.05, 0) is 41.2 Å². The molecule has 1 aromatic rings. The summed E-state index contributed by atoms with van der Waals surface area (Å²) in [7, 11) is 1.73. The van der Waals surface area contributed by atoms with E-state index in [9.17, 15) is 0 Å². The average molecular weight is 316 g/mol.